The van der Waals surface area contributed by atoms with Crippen LogP contribution in [0.4, 0.5) is 4.79 Å². The molecule has 142 valence electrons. The van der Waals surface area contributed by atoms with Crippen molar-refractivity contribution in [3.05, 3.63) is 35.9 Å². The number of nitrogens with zero attached hydrogens (tertiary/aromatic N) is 1. The molecule has 25 heavy (non-hydrogen) atoms. The van der Waals surface area contributed by atoms with Crippen LogP contribution in [0, 0.1) is 5.92 Å². The third-order valence-electron chi connectivity index (χ3n) is 3.85. The average molecular weight is 372 g/mol. The number of nitrogens with two attached hydrogens (primary N) is 1. The van der Waals surface area contributed by atoms with Crippen molar-refractivity contribution in [1.82, 2.24) is 4.31 Å². The van der Waals surface area contributed by atoms with Crippen molar-refractivity contribution in [2.45, 2.75) is 38.8 Å². The smallest absolute Gasteiger partial charge is 0.404 e. The molecule has 1 rings (SSSR count). The van der Waals surface area contributed by atoms with Gasteiger partial charge in [0.1, 0.15) is 5.72 Å². The minimum Gasteiger partial charge on any atom is -0.450 e. The Morgan fingerprint density at radius 3 is 2.40 bits per heavy atom. The molecular weight excluding hydrogens is 344 g/mol. The SMILES string of the molecule is CC(C)CCN(C(O)(CCOC(N)=O)Cc1ccccc1)S(C)(=O)=O. The van der Waals surface area contributed by atoms with Gasteiger partial charge in [0.05, 0.1) is 12.9 Å². The molecule has 0 aliphatic rings. The fourth-order valence-electron chi connectivity index (χ4n) is 2.60. The first-order chi connectivity index (χ1) is 11.5. The van der Waals surface area contributed by atoms with Gasteiger partial charge >= 0.3 is 6.09 Å². The fourth-order valence-corrected chi connectivity index (χ4v) is 3.81. The van der Waals surface area contributed by atoms with Gasteiger partial charge in [-0.1, -0.05) is 44.2 Å². The van der Waals surface area contributed by atoms with Crippen molar-refractivity contribution in [1.29, 1.82) is 0 Å². The standard InChI is InChI=1S/C17H28N2O5S/c1-14(2)9-11-19(25(3,22)23)17(21,10-12-24-16(18)20)13-15-7-5-4-6-8-15/h4-8,14,21H,9-13H2,1-3H3,(H2,18,20). The maximum Gasteiger partial charge on any atom is 0.404 e. The molecule has 1 atom stereocenters. The molecule has 0 saturated carbocycles. The van der Waals surface area contributed by atoms with E-state index in [4.69, 9.17) is 10.5 Å². The highest BCUT2D eigenvalue weighted by Gasteiger charge is 2.40. The van der Waals surface area contributed by atoms with Gasteiger partial charge in [0.15, 0.2) is 0 Å². The van der Waals surface area contributed by atoms with E-state index in [-0.39, 0.29) is 31.9 Å². The van der Waals surface area contributed by atoms with Crippen molar-refractivity contribution < 1.29 is 23.1 Å². The lowest BCUT2D eigenvalue weighted by atomic mass is 9.99. The van der Waals surface area contributed by atoms with Crippen LogP contribution in [-0.4, -0.2) is 49.1 Å². The normalized spacial score (nSPS) is 14.5. The zero-order valence-electron chi connectivity index (χ0n) is 15.0. The van der Waals surface area contributed by atoms with Crippen LogP contribution in [0.25, 0.3) is 0 Å². The molecule has 1 amide bonds. The predicted molar refractivity (Wildman–Crippen MR) is 96.3 cm³/mol. The van der Waals surface area contributed by atoms with Crippen LogP contribution in [-0.2, 0) is 21.2 Å². The molecule has 0 heterocycles. The first kappa shape index (κ1) is 21.4. The van der Waals surface area contributed by atoms with Crippen molar-refractivity contribution in [2.75, 3.05) is 19.4 Å². The summed E-state index contributed by atoms with van der Waals surface area (Å²) in [7, 11) is -3.68. The first-order valence-electron chi connectivity index (χ1n) is 8.21. The van der Waals surface area contributed by atoms with Gasteiger partial charge in [-0.15, -0.1) is 0 Å². The van der Waals surface area contributed by atoms with E-state index < -0.39 is 21.8 Å². The van der Waals surface area contributed by atoms with Crippen LogP contribution in [0.3, 0.4) is 0 Å². The highest BCUT2D eigenvalue weighted by Crippen LogP contribution is 2.26. The van der Waals surface area contributed by atoms with E-state index in [1.807, 2.05) is 44.2 Å². The maximum absolute atomic E-state index is 12.3. The predicted octanol–water partition coefficient (Wildman–Crippen LogP) is 1.71. The number of carbonyl (C=O) groups is 1. The Bertz CT molecular complexity index is 648. The van der Waals surface area contributed by atoms with Crippen LogP contribution in [0.1, 0.15) is 32.3 Å². The van der Waals surface area contributed by atoms with E-state index in [2.05, 4.69) is 0 Å². The molecule has 8 heteroatoms. The Hall–Kier alpha value is -1.64. The van der Waals surface area contributed by atoms with Crippen LogP contribution in [0.5, 0.6) is 0 Å². The minimum atomic E-state index is -3.68. The zero-order chi connectivity index (χ0) is 19.1. The third-order valence-corrected chi connectivity index (χ3v) is 5.17. The summed E-state index contributed by atoms with van der Waals surface area (Å²) in [6.45, 7) is 3.96. The summed E-state index contributed by atoms with van der Waals surface area (Å²) in [5.41, 5.74) is 4.03. The van der Waals surface area contributed by atoms with Gasteiger partial charge < -0.3 is 15.6 Å². The number of amides is 1. The zero-order valence-corrected chi connectivity index (χ0v) is 15.8. The first-order valence-corrected chi connectivity index (χ1v) is 10.1. The second-order valence-electron chi connectivity index (χ2n) is 6.58. The largest absolute Gasteiger partial charge is 0.450 e. The van der Waals surface area contributed by atoms with Gasteiger partial charge in [-0.3, -0.25) is 0 Å². The number of sulfonamides is 1. The van der Waals surface area contributed by atoms with Gasteiger partial charge in [0.25, 0.3) is 0 Å². The summed E-state index contributed by atoms with van der Waals surface area (Å²) in [4.78, 5) is 10.8. The van der Waals surface area contributed by atoms with Gasteiger partial charge in [-0.05, 0) is 17.9 Å². The van der Waals surface area contributed by atoms with E-state index in [0.29, 0.717) is 6.42 Å². The summed E-state index contributed by atoms with van der Waals surface area (Å²) in [5, 5.41) is 11.2. The van der Waals surface area contributed by atoms with Gasteiger partial charge in [-0.25, -0.2) is 13.2 Å². The number of carbonyl (C=O) groups excluding carboxylic acids is 1. The second-order valence-corrected chi connectivity index (χ2v) is 8.49. The molecule has 0 aliphatic heterocycles. The molecule has 1 unspecified atom stereocenters. The van der Waals surface area contributed by atoms with Crippen LogP contribution < -0.4 is 5.73 Å². The summed E-state index contributed by atoms with van der Waals surface area (Å²) in [6.07, 6.45) is 0.714. The Balaban J connectivity index is 3.12. The highest BCUT2D eigenvalue weighted by atomic mass is 32.2. The lowest BCUT2D eigenvalue weighted by molar-refractivity contribution is -0.0772. The van der Waals surface area contributed by atoms with Crippen LogP contribution in [0.15, 0.2) is 30.3 Å². The maximum atomic E-state index is 12.3. The average Bonchev–Trinajstić information content (AvgIpc) is 2.46. The molecule has 0 aromatic heterocycles. The molecule has 3 N–H and O–H groups in total. The molecule has 0 fully saturated rings. The van der Waals surface area contributed by atoms with Gasteiger partial charge in [0, 0.05) is 19.4 Å². The highest BCUT2D eigenvalue weighted by molar-refractivity contribution is 7.88. The minimum absolute atomic E-state index is 0.0734. The summed E-state index contributed by atoms with van der Waals surface area (Å²) >= 11 is 0. The quantitative estimate of drug-likeness (QED) is 0.608. The number of primary amides is 1. The van der Waals surface area contributed by atoms with E-state index in [0.717, 1.165) is 16.1 Å². The summed E-state index contributed by atoms with van der Waals surface area (Å²) in [5.74, 6) is 0.270. The molecule has 0 aliphatic carbocycles. The molecule has 1 aromatic carbocycles. The van der Waals surface area contributed by atoms with E-state index in [1.165, 1.54) is 0 Å². The number of rotatable bonds is 10. The lowest BCUT2D eigenvalue weighted by Crippen LogP contribution is -2.54. The number of aliphatic hydroxyl groups is 1. The lowest BCUT2D eigenvalue weighted by Gasteiger charge is -2.38. The van der Waals surface area contributed by atoms with Gasteiger partial charge in [0.2, 0.25) is 10.0 Å². The molecule has 0 spiro atoms. The third kappa shape index (κ3) is 7.41. The van der Waals surface area contributed by atoms with Crippen molar-refractivity contribution in [3.63, 3.8) is 0 Å². The van der Waals surface area contributed by atoms with E-state index in [9.17, 15) is 18.3 Å². The fraction of sp³-hybridized carbons (Fsp3) is 0.588. The van der Waals surface area contributed by atoms with Crippen LogP contribution in [0.2, 0.25) is 0 Å². The molecule has 7 nitrogen and oxygen atoms in total. The molecule has 0 bridgehead atoms. The topological polar surface area (TPSA) is 110 Å². The Labute approximate surface area is 149 Å². The Kier molecular flexibility index (Phi) is 7.85. The van der Waals surface area contributed by atoms with Crippen LogP contribution >= 0.6 is 0 Å². The number of hydrogen-bond acceptors (Lipinski definition) is 5. The van der Waals surface area contributed by atoms with Crippen molar-refractivity contribution >= 4 is 16.1 Å². The monoisotopic (exact) mass is 372 g/mol. The van der Waals surface area contributed by atoms with Gasteiger partial charge in [-0.2, -0.15) is 4.31 Å². The second kappa shape index (κ2) is 9.17. The molecule has 0 radical (unpaired) electrons. The Morgan fingerprint density at radius 1 is 1.32 bits per heavy atom. The molecule has 0 saturated heterocycles. The Morgan fingerprint density at radius 2 is 1.92 bits per heavy atom. The van der Waals surface area contributed by atoms with Crippen molar-refractivity contribution in [3.8, 4) is 0 Å². The summed E-state index contributed by atoms with van der Waals surface area (Å²) < 4.78 is 30.4. The number of hydrogen-bond donors (Lipinski definition) is 2. The molecule has 1 aromatic rings. The molecular formula is C17H28N2O5S. The van der Waals surface area contributed by atoms with E-state index >= 15 is 0 Å². The number of benzene rings is 1. The van der Waals surface area contributed by atoms with Crippen molar-refractivity contribution in [2.24, 2.45) is 11.7 Å². The summed E-state index contributed by atoms with van der Waals surface area (Å²) in [6, 6.07) is 9.08. The van der Waals surface area contributed by atoms with E-state index in [1.54, 1.807) is 0 Å². The number of ether oxygens (including phenoxy) is 1.